The van der Waals surface area contributed by atoms with E-state index in [1.54, 1.807) is 12.2 Å². The minimum atomic E-state index is 0.532. The second kappa shape index (κ2) is 13.8. The first kappa shape index (κ1) is 19.2. The van der Waals surface area contributed by atoms with Crippen LogP contribution in [-0.2, 0) is 9.47 Å². The number of ether oxygens (including phenoxy) is 2. The minimum absolute atomic E-state index is 0.532. The van der Waals surface area contributed by atoms with Gasteiger partial charge in [-0.15, -0.1) is 0 Å². The molecular formula is C20H29NO2. The summed E-state index contributed by atoms with van der Waals surface area (Å²) in [4.78, 5) is 0. The first-order valence-electron chi connectivity index (χ1n) is 8.21. The highest BCUT2D eigenvalue weighted by Gasteiger charge is 2.12. The largest absolute Gasteiger partial charge is 0.494 e. The molecular weight excluding hydrogens is 286 g/mol. The average Bonchev–Trinajstić information content (AvgIpc) is 3.07. The van der Waals surface area contributed by atoms with Gasteiger partial charge in [-0.2, -0.15) is 0 Å². The molecule has 0 aromatic carbocycles. The summed E-state index contributed by atoms with van der Waals surface area (Å²) in [5.41, 5.74) is 0. The summed E-state index contributed by atoms with van der Waals surface area (Å²) in [6, 6.07) is 0.532. The van der Waals surface area contributed by atoms with Crippen molar-refractivity contribution in [3.63, 3.8) is 0 Å². The van der Waals surface area contributed by atoms with Gasteiger partial charge in [-0.1, -0.05) is 55.7 Å². The van der Waals surface area contributed by atoms with Gasteiger partial charge >= 0.3 is 0 Å². The van der Waals surface area contributed by atoms with Gasteiger partial charge in [-0.05, 0) is 31.5 Å². The van der Waals surface area contributed by atoms with Crippen LogP contribution in [-0.4, -0.2) is 32.4 Å². The van der Waals surface area contributed by atoms with Crippen molar-refractivity contribution < 1.29 is 9.47 Å². The minimum Gasteiger partial charge on any atom is -0.494 e. The summed E-state index contributed by atoms with van der Waals surface area (Å²) in [5, 5.41) is 3.42. The van der Waals surface area contributed by atoms with Crippen LogP contribution in [0.3, 0.4) is 0 Å². The van der Waals surface area contributed by atoms with Gasteiger partial charge in [-0.25, -0.2) is 0 Å². The molecule has 0 bridgehead atoms. The molecule has 0 aromatic heterocycles. The fourth-order valence-electron chi connectivity index (χ4n) is 2.18. The molecule has 1 aliphatic rings. The quantitative estimate of drug-likeness (QED) is 0.255. The Morgan fingerprint density at radius 3 is 2.70 bits per heavy atom. The fraction of sp³-hybridized carbons (Fsp3) is 0.400. The van der Waals surface area contributed by atoms with Crippen molar-refractivity contribution in [1.29, 1.82) is 0 Å². The molecule has 3 nitrogen and oxygen atoms in total. The summed E-state index contributed by atoms with van der Waals surface area (Å²) in [6.07, 6.45) is 20.4. The predicted molar refractivity (Wildman–Crippen MR) is 98.3 cm³/mol. The number of rotatable bonds is 12. The Morgan fingerprint density at radius 1 is 1.04 bits per heavy atom. The van der Waals surface area contributed by atoms with Crippen molar-refractivity contribution >= 4 is 0 Å². The van der Waals surface area contributed by atoms with Crippen molar-refractivity contribution in [2.24, 2.45) is 0 Å². The Morgan fingerprint density at radius 2 is 1.96 bits per heavy atom. The Hall–Kier alpha value is -1.84. The van der Waals surface area contributed by atoms with Crippen LogP contribution < -0.4 is 5.32 Å². The van der Waals surface area contributed by atoms with Gasteiger partial charge in [0.05, 0.1) is 13.2 Å². The number of allylic oxidation sites excluding steroid dienone is 7. The summed E-state index contributed by atoms with van der Waals surface area (Å²) in [5.74, 6) is 0.894. The van der Waals surface area contributed by atoms with Crippen LogP contribution in [0.5, 0.6) is 0 Å². The zero-order chi connectivity index (χ0) is 16.6. The van der Waals surface area contributed by atoms with E-state index in [1.807, 2.05) is 36.5 Å². The molecule has 1 atom stereocenters. The standard InChI is InChI=1S/C20H29NO2/c1-3-5-6-7-9-17-23-20(12-4-2)14-8-10-16-22-18-19-13-11-15-21-19/h3-10,12,19,21H,1-2,11,13-18H2/b6-5-,9-7+,10-8-,20-12+. The highest BCUT2D eigenvalue weighted by molar-refractivity contribution is 5.11. The van der Waals surface area contributed by atoms with E-state index < -0.39 is 0 Å². The van der Waals surface area contributed by atoms with Crippen LogP contribution in [0.15, 0.2) is 73.6 Å². The van der Waals surface area contributed by atoms with E-state index in [-0.39, 0.29) is 0 Å². The van der Waals surface area contributed by atoms with Gasteiger partial charge in [0.25, 0.3) is 0 Å². The summed E-state index contributed by atoms with van der Waals surface area (Å²) in [6.45, 7) is 10.4. The Bertz CT molecular complexity index is 441. The van der Waals surface area contributed by atoms with E-state index in [1.165, 1.54) is 12.8 Å². The molecule has 1 heterocycles. The first-order chi connectivity index (χ1) is 11.4. The van der Waals surface area contributed by atoms with Crippen LogP contribution in [0.25, 0.3) is 0 Å². The molecule has 0 aromatic rings. The molecule has 126 valence electrons. The van der Waals surface area contributed by atoms with Crippen LogP contribution in [0.2, 0.25) is 0 Å². The highest BCUT2D eigenvalue weighted by Crippen LogP contribution is 2.06. The maximum atomic E-state index is 5.69. The predicted octanol–water partition coefficient (Wildman–Crippen LogP) is 4.09. The van der Waals surface area contributed by atoms with E-state index >= 15 is 0 Å². The number of hydrogen-bond donors (Lipinski definition) is 1. The van der Waals surface area contributed by atoms with E-state index in [2.05, 4.69) is 24.6 Å². The first-order valence-corrected chi connectivity index (χ1v) is 8.21. The normalized spacial score (nSPS) is 19.1. The smallest absolute Gasteiger partial charge is 0.106 e. The Balaban J connectivity index is 2.16. The maximum Gasteiger partial charge on any atom is 0.106 e. The molecule has 1 fully saturated rings. The van der Waals surface area contributed by atoms with E-state index in [0.717, 1.165) is 25.3 Å². The SMILES string of the molecule is C=C/C=C\C=C\CO/C(=C/C=C)C/C=C\COCC1CCCN1. The highest BCUT2D eigenvalue weighted by atomic mass is 16.5. The maximum absolute atomic E-state index is 5.69. The molecule has 0 aliphatic carbocycles. The van der Waals surface area contributed by atoms with Gasteiger partial charge in [-0.3, -0.25) is 0 Å². The Labute approximate surface area is 140 Å². The number of hydrogen-bond acceptors (Lipinski definition) is 3. The monoisotopic (exact) mass is 315 g/mol. The third-order valence-corrected chi connectivity index (χ3v) is 3.34. The third kappa shape index (κ3) is 10.5. The average molecular weight is 315 g/mol. The lowest BCUT2D eigenvalue weighted by atomic mass is 10.2. The van der Waals surface area contributed by atoms with Crippen LogP contribution in [0.1, 0.15) is 19.3 Å². The third-order valence-electron chi connectivity index (χ3n) is 3.34. The molecule has 1 N–H and O–H groups in total. The molecule has 1 unspecified atom stereocenters. The molecule has 1 aliphatic heterocycles. The molecule has 23 heavy (non-hydrogen) atoms. The van der Waals surface area contributed by atoms with E-state index in [9.17, 15) is 0 Å². The van der Waals surface area contributed by atoms with Crippen LogP contribution in [0.4, 0.5) is 0 Å². The molecule has 1 rings (SSSR count). The van der Waals surface area contributed by atoms with Crippen LogP contribution in [0, 0.1) is 0 Å². The van der Waals surface area contributed by atoms with Gasteiger partial charge in [0, 0.05) is 12.5 Å². The molecule has 1 saturated heterocycles. The van der Waals surface area contributed by atoms with Crippen molar-refractivity contribution in [3.8, 4) is 0 Å². The molecule has 0 spiro atoms. The van der Waals surface area contributed by atoms with Gasteiger partial charge in [0.15, 0.2) is 0 Å². The Kier molecular flexibility index (Phi) is 11.5. The lowest BCUT2D eigenvalue weighted by Crippen LogP contribution is -2.26. The molecule has 0 amide bonds. The van der Waals surface area contributed by atoms with E-state index in [4.69, 9.17) is 9.47 Å². The van der Waals surface area contributed by atoms with Crippen molar-refractivity contribution in [2.45, 2.75) is 25.3 Å². The van der Waals surface area contributed by atoms with Gasteiger partial charge in [0.1, 0.15) is 12.4 Å². The molecule has 0 radical (unpaired) electrons. The summed E-state index contributed by atoms with van der Waals surface area (Å²) in [7, 11) is 0. The summed E-state index contributed by atoms with van der Waals surface area (Å²) < 4.78 is 11.3. The second-order valence-electron chi connectivity index (χ2n) is 5.23. The zero-order valence-electron chi connectivity index (χ0n) is 14.0. The van der Waals surface area contributed by atoms with Crippen LogP contribution >= 0.6 is 0 Å². The second-order valence-corrected chi connectivity index (χ2v) is 5.23. The summed E-state index contributed by atoms with van der Waals surface area (Å²) >= 11 is 0. The van der Waals surface area contributed by atoms with Gasteiger partial charge < -0.3 is 14.8 Å². The van der Waals surface area contributed by atoms with Gasteiger partial charge in [0.2, 0.25) is 0 Å². The van der Waals surface area contributed by atoms with Crippen molar-refractivity contribution in [2.75, 3.05) is 26.4 Å². The fourth-order valence-corrected chi connectivity index (χ4v) is 2.18. The van der Waals surface area contributed by atoms with Crippen molar-refractivity contribution in [1.82, 2.24) is 5.32 Å². The number of nitrogens with one attached hydrogen (secondary N) is 1. The lowest BCUT2D eigenvalue weighted by Gasteiger charge is -2.09. The lowest BCUT2D eigenvalue weighted by molar-refractivity contribution is 0.141. The molecule has 0 saturated carbocycles. The van der Waals surface area contributed by atoms with E-state index in [0.29, 0.717) is 19.3 Å². The zero-order valence-corrected chi connectivity index (χ0v) is 14.0. The topological polar surface area (TPSA) is 30.5 Å². The molecule has 3 heteroatoms. The van der Waals surface area contributed by atoms with Crippen molar-refractivity contribution in [3.05, 3.63) is 73.6 Å².